The summed E-state index contributed by atoms with van der Waals surface area (Å²) in [4.78, 5) is 16.2. The predicted octanol–water partition coefficient (Wildman–Crippen LogP) is 2.23. The summed E-state index contributed by atoms with van der Waals surface area (Å²) in [5.74, 6) is 0.448. The lowest BCUT2D eigenvalue weighted by atomic mass is 10.2. The maximum atomic E-state index is 12.0. The van der Waals surface area contributed by atoms with E-state index in [4.69, 9.17) is 9.47 Å². The molecule has 0 aliphatic rings. The molecule has 1 N–H and O–H groups in total. The monoisotopic (exact) mass is 264 g/mol. The Labute approximate surface area is 113 Å². The summed E-state index contributed by atoms with van der Waals surface area (Å²) in [5.41, 5.74) is 0.523. The summed E-state index contributed by atoms with van der Waals surface area (Å²) >= 11 is 0. The summed E-state index contributed by atoms with van der Waals surface area (Å²) in [6.45, 7) is 3.98. The van der Waals surface area contributed by atoms with Gasteiger partial charge in [-0.3, -0.25) is 10.1 Å². The van der Waals surface area contributed by atoms with Crippen LogP contribution in [0.5, 0.6) is 5.75 Å². The van der Waals surface area contributed by atoms with Crippen LogP contribution in [0.1, 0.15) is 30.6 Å². The van der Waals surface area contributed by atoms with Gasteiger partial charge in [0.05, 0.1) is 20.3 Å². The lowest BCUT2D eigenvalue weighted by Crippen LogP contribution is -2.32. The molecular formula is C14H20N2O3. The summed E-state index contributed by atoms with van der Waals surface area (Å²) in [6.07, 6.45) is 0.880. The Morgan fingerprint density at radius 2 is 1.95 bits per heavy atom. The van der Waals surface area contributed by atoms with Crippen molar-refractivity contribution in [1.82, 2.24) is 5.32 Å². The predicted molar refractivity (Wildman–Crippen MR) is 74.7 cm³/mol. The van der Waals surface area contributed by atoms with E-state index in [1.807, 2.05) is 13.8 Å². The van der Waals surface area contributed by atoms with Gasteiger partial charge in [0, 0.05) is 5.56 Å². The zero-order valence-corrected chi connectivity index (χ0v) is 11.8. The second kappa shape index (κ2) is 7.41. The number of benzene rings is 1. The minimum Gasteiger partial charge on any atom is -0.497 e. The average Bonchev–Trinajstić information content (AvgIpc) is 2.46. The van der Waals surface area contributed by atoms with Crippen LogP contribution in [0, 0.1) is 0 Å². The lowest BCUT2D eigenvalue weighted by Gasteiger charge is -2.10. The molecule has 1 aromatic rings. The summed E-state index contributed by atoms with van der Waals surface area (Å²) in [7, 11) is 3.06. The molecular weight excluding hydrogens is 244 g/mol. The van der Waals surface area contributed by atoms with Crippen LogP contribution in [0.25, 0.3) is 0 Å². The van der Waals surface area contributed by atoms with Gasteiger partial charge in [-0.05, 0) is 37.6 Å². The van der Waals surface area contributed by atoms with Crippen molar-refractivity contribution in [3.05, 3.63) is 29.8 Å². The molecule has 0 heterocycles. The number of nitrogens with one attached hydrogen (secondary N) is 1. The number of carbonyl (C=O) groups excluding carboxylic acids is 1. The fourth-order valence-corrected chi connectivity index (χ4v) is 1.34. The first-order chi connectivity index (χ1) is 9.10. The van der Waals surface area contributed by atoms with Crippen molar-refractivity contribution in [2.24, 2.45) is 4.99 Å². The van der Waals surface area contributed by atoms with Crippen molar-refractivity contribution in [2.45, 2.75) is 26.3 Å². The maximum Gasteiger partial charge on any atom is 0.291 e. The smallest absolute Gasteiger partial charge is 0.291 e. The molecule has 0 aliphatic heterocycles. The zero-order valence-electron chi connectivity index (χ0n) is 11.8. The molecule has 1 amide bonds. The number of hydrogen-bond donors (Lipinski definition) is 1. The standard InChI is InChI=1S/C14H20N2O3/c1-5-10(2)15-14(19-4)16-13(17)11-6-8-12(18-3)9-7-11/h6-10H,5H2,1-4H3,(H,15,16,17)/t10-/m0/s1. The van der Waals surface area contributed by atoms with Crippen LogP contribution in [0.3, 0.4) is 0 Å². The number of methoxy groups -OCH3 is 2. The third kappa shape index (κ3) is 4.62. The molecule has 5 nitrogen and oxygen atoms in total. The fourth-order valence-electron chi connectivity index (χ4n) is 1.34. The molecule has 0 saturated carbocycles. The number of hydrogen-bond acceptors (Lipinski definition) is 4. The summed E-state index contributed by atoms with van der Waals surface area (Å²) in [6, 6.07) is 7.16. The molecule has 0 radical (unpaired) electrons. The topological polar surface area (TPSA) is 59.9 Å². The fraction of sp³-hybridized carbons (Fsp3) is 0.429. The summed E-state index contributed by atoms with van der Waals surface area (Å²) in [5, 5.41) is 2.63. The molecule has 19 heavy (non-hydrogen) atoms. The van der Waals surface area contributed by atoms with E-state index in [1.54, 1.807) is 31.4 Å². The van der Waals surface area contributed by atoms with Gasteiger partial charge in [-0.1, -0.05) is 6.92 Å². The molecule has 0 bridgehead atoms. The second-order valence-corrected chi connectivity index (χ2v) is 4.08. The van der Waals surface area contributed by atoms with Crippen LogP contribution < -0.4 is 10.1 Å². The van der Waals surface area contributed by atoms with E-state index >= 15 is 0 Å². The van der Waals surface area contributed by atoms with E-state index in [0.29, 0.717) is 11.3 Å². The second-order valence-electron chi connectivity index (χ2n) is 4.08. The van der Waals surface area contributed by atoms with Crippen LogP contribution in [-0.2, 0) is 4.74 Å². The molecule has 104 valence electrons. The highest BCUT2D eigenvalue weighted by Crippen LogP contribution is 2.11. The molecule has 0 unspecified atom stereocenters. The number of nitrogens with zero attached hydrogens (tertiary/aromatic N) is 1. The molecule has 0 saturated heterocycles. The highest BCUT2D eigenvalue weighted by Gasteiger charge is 2.10. The zero-order chi connectivity index (χ0) is 14.3. The molecule has 1 rings (SSSR count). The molecule has 5 heteroatoms. The van der Waals surface area contributed by atoms with E-state index in [-0.39, 0.29) is 18.0 Å². The van der Waals surface area contributed by atoms with Crippen molar-refractivity contribution < 1.29 is 14.3 Å². The maximum absolute atomic E-state index is 12.0. The third-order valence-electron chi connectivity index (χ3n) is 2.69. The van der Waals surface area contributed by atoms with E-state index in [1.165, 1.54) is 7.11 Å². The lowest BCUT2D eigenvalue weighted by molar-refractivity contribution is 0.0968. The Hall–Kier alpha value is -2.04. The Balaban J connectivity index is 2.74. The van der Waals surface area contributed by atoms with Crippen molar-refractivity contribution in [3.63, 3.8) is 0 Å². The number of ether oxygens (including phenoxy) is 2. The van der Waals surface area contributed by atoms with Gasteiger partial charge in [0.2, 0.25) is 0 Å². The first kappa shape index (κ1) is 15.0. The van der Waals surface area contributed by atoms with Crippen molar-refractivity contribution in [1.29, 1.82) is 0 Å². The highest BCUT2D eigenvalue weighted by atomic mass is 16.5. The molecule has 0 aliphatic carbocycles. The Kier molecular flexibility index (Phi) is 5.85. The molecule has 0 aromatic heterocycles. The van der Waals surface area contributed by atoms with Crippen molar-refractivity contribution >= 4 is 11.9 Å². The van der Waals surface area contributed by atoms with Crippen LogP contribution >= 0.6 is 0 Å². The largest absolute Gasteiger partial charge is 0.497 e. The average molecular weight is 264 g/mol. The van der Waals surface area contributed by atoms with Crippen LogP contribution in [-0.4, -0.2) is 32.2 Å². The normalized spacial score (nSPS) is 12.7. The van der Waals surface area contributed by atoms with E-state index in [9.17, 15) is 4.79 Å². The van der Waals surface area contributed by atoms with Gasteiger partial charge in [-0.25, -0.2) is 4.99 Å². The van der Waals surface area contributed by atoms with E-state index in [2.05, 4.69) is 10.3 Å². The summed E-state index contributed by atoms with van der Waals surface area (Å²) < 4.78 is 10.1. The van der Waals surface area contributed by atoms with E-state index in [0.717, 1.165) is 6.42 Å². The molecule has 0 fully saturated rings. The van der Waals surface area contributed by atoms with Gasteiger partial charge in [0.15, 0.2) is 0 Å². The number of rotatable bonds is 4. The van der Waals surface area contributed by atoms with Gasteiger partial charge < -0.3 is 9.47 Å². The number of aliphatic imine (C=N–C) groups is 1. The molecule has 1 atom stereocenters. The van der Waals surface area contributed by atoms with Gasteiger partial charge in [-0.2, -0.15) is 0 Å². The van der Waals surface area contributed by atoms with Crippen LogP contribution in [0.15, 0.2) is 29.3 Å². The Morgan fingerprint density at radius 3 is 2.42 bits per heavy atom. The van der Waals surface area contributed by atoms with Crippen molar-refractivity contribution in [3.8, 4) is 5.75 Å². The van der Waals surface area contributed by atoms with Gasteiger partial charge in [0.1, 0.15) is 5.75 Å². The van der Waals surface area contributed by atoms with Gasteiger partial charge in [0.25, 0.3) is 11.9 Å². The quantitative estimate of drug-likeness (QED) is 0.670. The highest BCUT2D eigenvalue weighted by molar-refractivity contribution is 6.04. The van der Waals surface area contributed by atoms with Crippen molar-refractivity contribution in [2.75, 3.05) is 14.2 Å². The van der Waals surface area contributed by atoms with Crippen LogP contribution in [0.2, 0.25) is 0 Å². The van der Waals surface area contributed by atoms with Crippen LogP contribution in [0.4, 0.5) is 0 Å². The van der Waals surface area contributed by atoms with E-state index < -0.39 is 0 Å². The Bertz CT molecular complexity index is 441. The third-order valence-corrected chi connectivity index (χ3v) is 2.69. The first-order valence-corrected chi connectivity index (χ1v) is 6.17. The molecule has 1 aromatic carbocycles. The molecule has 0 spiro atoms. The number of amides is 1. The van der Waals surface area contributed by atoms with Gasteiger partial charge in [-0.15, -0.1) is 0 Å². The van der Waals surface area contributed by atoms with Gasteiger partial charge >= 0.3 is 0 Å². The number of amidine groups is 1. The first-order valence-electron chi connectivity index (χ1n) is 6.17. The number of carbonyl (C=O) groups is 1. The Morgan fingerprint density at radius 1 is 1.32 bits per heavy atom. The minimum atomic E-state index is -0.258. The minimum absolute atomic E-state index is 0.103. The SMILES string of the molecule is CC[C@H](C)N=C(NC(=O)c1ccc(OC)cc1)OC.